The van der Waals surface area contributed by atoms with Crippen LogP contribution in [-0.2, 0) is 19.5 Å². The lowest BCUT2D eigenvalue weighted by atomic mass is 10.1. The van der Waals surface area contributed by atoms with E-state index in [0.717, 1.165) is 48.8 Å². The molecule has 2 aromatic heterocycles. The second kappa shape index (κ2) is 5.85. The van der Waals surface area contributed by atoms with Gasteiger partial charge in [-0.2, -0.15) is 0 Å². The zero-order chi connectivity index (χ0) is 15.6. The third-order valence-electron chi connectivity index (χ3n) is 4.25. The highest BCUT2D eigenvalue weighted by Crippen LogP contribution is 2.22. The van der Waals surface area contributed by atoms with Crippen molar-refractivity contribution in [1.29, 1.82) is 0 Å². The second-order valence-electron chi connectivity index (χ2n) is 5.94. The molecule has 1 aliphatic heterocycles. The molecule has 5 nitrogen and oxygen atoms in total. The van der Waals surface area contributed by atoms with Gasteiger partial charge in [-0.3, -0.25) is 4.90 Å². The van der Waals surface area contributed by atoms with Crippen LogP contribution in [0.25, 0.3) is 11.4 Å². The molecule has 0 saturated carbocycles. The Kier molecular flexibility index (Phi) is 3.55. The van der Waals surface area contributed by atoms with Gasteiger partial charge in [0.05, 0.1) is 5.69 Å². The Hall–Kier alpha value is -2.66. The summed E-state index contributed by atoms with van der Waals surface area (Å²) in [5, 5.41) is 0. The summed E-state index contributed by atoms with van der Waals surface area (Å²) in [6.45, 7) is 2.82. The lowest BCUT2D eigenvalue weighted by molar-refractivity contribution is 0.239. The monoisotopic (exact) mass is 305 g/mol. The molecule has 0 spiro atoms. The van der Waals surface area contributed by atoms with Gasteiger partial charge in [0.25, 0.3) is 0 Å². The van der Waals surface area contributed by atoms with Gasteiger partial charge in [-0.25, -0.2) is 9.97 Å². The van der Waals surface area contributed by atoms with E-state index in [9.17, 15) is 0 Å². The number of aromatic nitrogens is 3. The highest BCUT2D eigenvalue weighted by atomic mass is 15.1. The van der Waals surface area contributed by atoms with Crippen molar-refractivity contribution in [2.45, 2.75) is 19.5 Å². The van der Waals surface area contributed by atoms with E-state index in [-0.39, 0.29) is 0 Å². The third-order valence-corrected chi connectivity index (χ3v) is 4.25. The molecule has 0 fully saturated rings. The fraction of sp³-hybridized carbons (Fsp3) is 0.222. The topological polar surface area (TPSA) is 70.8 Å². The molecule has 3 N–H and O–H groups in total. The summed E-state index contributed by atoms with van der Waals surface area (Å²) in [4.78, 5) is 15.0. The van der Waals surface area contributed by atoms with Gasteiger partial charge in [-0.1, -0.05) is 0 Å². The Morgan fingerprint density at radius 2 is 2.04 bits per heavy atom. The summed E-state index contributed by atoms with van der Waals surface area (Å²) in [7, 11) is 0. The Labute approximate surface area is 135 Å². The standard InChI is InChI=1S/C18H19N5/c19-15-5-3-13(4-6-15)18-21-10-14-7-9-23(12-17(14)22-18)11-16-2-1-8-20-16/h1-6,8,10,20H,7,9,11-12,19H2. The summed E-state index contributed by atoms with van der Waals surface area (Å²) in [6, 6.07) is 11.9. The first-order valence-electron chi connectivity index (χ1n) is 7.83. The summed E-state index contributed by atoms with van der Waals surface area (Å²) >= 11 is 0. The van der Waals surface area contributed by atoms with E-state index in [1.165, 1.54) is 11.3 Å². The van der Waals surface area contributed by atoms with Crippen molar-refractivity contribution in [2.24, 2.45) is 0 Å². The van der Waals surface area contributed by atoms with Crippen LogP contribution in [0.15, 0.2) is 48.8 Å². The van der Waals surface area contributed by atoms with Gasteiger partial charge in [-0.15, -0.1) is 0 Å². The average Bonchev–Trinajstić information content (AvgIpc) is 3.08. The maximum absolute atomic E-state index is 5.75. The maximum atomic E-state index is 5.75. The molecule has 0 radical (unpaired) electrons. The van der Waals surface area contributed by atoms with E-state index in [1.54, 1.807) is 0 Å². The molecule has 116 valence electrons. The predicted molar refractivity (Wildman–Crippen MR) is 90.5 cm³/mol. The fourth-order valence-corrected chi connectivity index (χ4v) is 2.97. The van der Waals surface area contributed by atoms with Crippen LogP contribution in [0.2, 0.25) is 0 Å². The second-order valence-corrected chi connectivity index (χ2v) is 5.94. The zero-order valence-corrected chi connectivity index (χ0v) is 12.9. The number of H-pyrrole nitrogens is 1. The van der Waals surface area contributed by atoms with E-state index >= 15 is 0 Å². The van der Waals surface area contributed by atoms with E-state index in [2.05, 4.69) is 20.9 Å². The Bertz CT molecular complexity index is 793. The van der Waals surface area contributed by atoms with Crippen LogP contribution in [-0.4, -0.2) is 26.4 Å². The fourth-order valence-electron chi connectivity index (χ4n) is 2.97. The van der Waals surface area contributed by atoms with E-state index < -0.39 is 0 Å². The molecule has 0 unspecified atom stereocenters. The quantitative estimate of drug-likeness (QED) is 0.730. The van der Waals surface area contributed by atoms with E-state index in [0.29, 0.717) is 0 Å². The number of fused-ring (bicyclic) bond motifs is 1. The molecule has 0 saturated heterocycles. The van der Waals surface area contributed by atoms with Crippen molar-refractivity contribution in [3.05, 3.63) is 65.7 Å². The van der Waals surface area contributed by atoms with Crippen LogP contribution in [0.5, 0.6) is 0 Å². The van der Waals surface area contributed by atoms with Crippen molar-refractivity contribution in [3.63, 3.8) is 0 Å². The molecule has 0 atom stereocenters. The van der Waals surface area contributed by atoms with Gasteiger partial charge in [0.15, 0.2) is 5.82 Å². The van der Waals surface area contributed by atoms with Crippen LogP contribution in [0.1, 0.15) is 17.0 Å². The van der Waals surface area contributed by atoms with Gasteiger partial charge in [0.2, 0.25) is 0 Å². The molecule has 23 heavy (non-hydrogen) atoms. The molecule has 1 aliphatic rings. The summed E-state index contributed by atoms with van der Waals surface area (Å²) in [5.41, 5.74) is 11.1. The number of anilines is 1. The van der Waals surface area contributed by atoms with Crippen molar-refractivity contribution in [3.8, 4) is 11.4 Å². The molecule has 0 amide bonds. The number of hydrogen-bond acceptors (Lipinski definition) is 4. The van der Waals surface area contributed by atoms with Crippen molar-refractivity contribution in [2.75, 3.05) is 12.3 Å². The van der Waals surface area contributed by atoms with E-state index in [4.69, 9.17) is 10.7 Å². The minimum Gasteiger partial charge on any atom is -0.399 e. The van der Waals surface area contributed by atoms with Gasteiger partial charge in [0.1, 0.15) is 0 Å². The van der Waals surface area contributed by atoms with Crippen LogP contribution >= 0.6 is 0 Å². The predicted octanol–water partition coefficient (Wildman–Crippen LogP) is 2.61. The first-order chi connectivity index (χ1) is 11.3. The van der Waals surface area contributed by atoms with E-state index in [1.807, 2.05) is 42.7 Å². The number of nitrogens with zero attached hydrogens (tertiary/aromatic N) is 3. The number of aromatic amines is 1. The highest BCUT2D eigenvalue weighted by molar-refractivity contribution is 5.58. The van der Waals surface area contributed by atoms with Crippen molar-refractivity contribution < 1.29 is 0 Å². The largest absolute Gasteiger partial charge is 0.399 e. The van der Waals surface area contributed by atoms with Gasteiger partial charge in [-0.05, 0) is 48.4 Å². The maximum Gasteiger partial charge on any atom is 0.159 e. The third kappa shape index (κ3) is 2.96. The molecule has 4 rings (SSSR count). The van der Waals surface area contributed by atoms with Gasteiger partial charge >= 0.3 is 0 Å². The number of hydrogen-bond donors (Lipinski definition) is 2. The molecule has 0 aliphatic carbocycles. The normalized spacial score (nSPS) is 14.6. The Morgan fingerprint density at radius 3 is 2.83 bits per heavy atom. The summed E-state index contributed by atoms with van der Waals surface area (Å²) < 4.78 is 0. The Morgan fingerprint density at radius 1 is 1.17 bits per heavy atom. The molecule has 0 bridgehead atoms. The number of nitrogens with two attached hydrogens (primary N) is 1. The minimum atomic E-state index is 0.754. The van der Waals surface area contributed by atoms with Crippen LogP contribution in [0.3, 0.4) is 0 Å². The SMILES string of the molecule is Nc1ccc(-c2ncc3c(n2)CN(Cc2ccc[nH]2)CC3)cc1. The van der Waals surface area contributed by atoms with Gasteiger partial charge in [0, 0.05) is 49.0 Å². The first kappa shape index (κ1) is 14.0. The van der Waals surface area contributed by atoms with Crippen LogP contribution < -0.4 is 5.73 Å². The zero-order valence-electron chi connectivity index (χ0n) is 12.9. The highest BCUT2D eigenvalue weighted by Gasteiger charge is 2.19. The first-order valence-corrected chi connectivity index (χ1v) is 7.83. The van der Waals surface area contributed by atoms with Gasteiger partial charge < -0.3 is 10.7 Å². The van der Waals surface area contributed by atoms with Crippen LogP contribution in [0, 0.1) is 0 Å². The average molecular weight is 305 g/mol. The molecular formula is C18H19N5. The smallest absolute Gasteiger partial charge is 0.159 e. The van der Waals surface area contributed by atoms with Crippen molar-refractivity contribution >= 4 is 5.69 Å². The molecule has 3 heterocycles. The lowest BCUT2D eigenvalue weighted by Crippen LogP contribution is -2.31. The van der Waals surface area contributed by atoms with Crippen LogP contribution in [0.4, 0.5) is 5.69 Å². The Balaban J connectivity index is 1.57. The van der Waals surface area contributed by atoms with Crippen molar-refractivity contribution in [1.82, 2.24) is 19.9 Å². The molecule has 1 aromatic carbocycles. The number of rotatable bonds is 3. The molecule has 3 aromatic rings. The minimum absolute atomic E-state index is 0.754. The number of nitrogens with one attached hydrogen (secondary N) is 1. The lowest BCUT2D eigenvalue weighted by Gasteiger charge is -2.27. The summed E-state index contributed by atoms with van der Waals surface area (Å²) in [6.07, 6.45) is 4.94. The number of nitrogen functional groups attached to an aromatic ring is 1. The summed E-state index contributed by atoms with van der Waals surface area (Å²) in [5.74, 6) is 0.769. The number of benzene rings is 1. The molecule has 5 heteroatoms. The molecular weight excluding hydrogens is 286 g/mol.